The van der Waals surface area contributed by atoms with Gasteiger partial charge in [0.2, 0.25) is 11.1 Å². The van der Waals surface area contributed by atoms with Crippen LogP contribution in [0.5, 0.6) is 0 Å². The molecule has 6 nitrogen and oxygen atoms in total. The fourth-order valence-electron chi connectivity index (χ4n) is 2.93. The summed E-state index contributed by atoms with van der Waals surface area (Å²) in [6.07, 6.45) is 0.912. The van der Waals surface area contributed by atoms with Gasteiger partial charge in [0.1, 0.15) is 0 Å². The SMILES string of the molecule is CC(Sc1nnnn1Cc1cccs1)C(=O)N1CCc2ccccc21. The van der Waals surface area contributed by atoms with Gasteiger partial charge in [-0.15, -0.1) is 16.4 Å². The van der Waals surface area contributed by atoms with Crippen molar-refractivity contribution in [2.75, 3.05) is 11.4 Å². The van der Waals surface area contributed by atoms with E-state index in [9.17, 15) is 4.79 Å². The van der Waals surface area contributed by atoms with Crippen molar-refractivity contribution in [3.05, 3.63) is 52.2 Å². The summed E-state index contributed by atoms with van der Waals surface area (Å²) in [5, 5.41) is 14.4. The number of rotatable bonds is 5. The van der Waals surface area contributed by atoms with Crippen LogP contribution in [0, 0.1) is 0 Å². The van der Waals surface area contributed by atoms with Gasteiger partial charge in [-0.05, 0) is 46.8 Å². The van der Waals surface area contributed by atoms with Crippen molar-refractivity contribution < 1.29 is 4.79 Å². The minimum atomic E-state index is -0.251. The first kappa shape index (κ1) is 16.3. The minimum absolute atomic E-state index is 0.0978. The van der Waals surface area contributed by atoms with Crippen molar-refractivity contribution in [1.82, 2.24) is 20.2 Å². The normalized spacial score (nSPS) is 14.5. The Hall–Kier alpha value is -2.19. The zero-order valence-electron chi connectivity index (χ0n) is 13.7. The maximum atomic E-state index is 12.9. The van der Waals surface area contributed by atoms with Crippen LogP contribution in [0.4, 0.5) is 5.69 Å². The molecule has 3 aromatic rings. The Morgan fingerprint density at radius 1 is 1.32 bits per heavy atom. The van der Waals surface area contributed by atoms with Gasteiger partial charge in [-0.1, -0.05) is 36.0 Å². The number of tetrazole rings is 1. The Kier molecular flexibility index (Phi) is 4.54. The van der Waals surface area contributed by atoms with E-state index < -0.39 is 0 Å². The number of thioether (sulfide) groups is 1. The van der Waals surface area contributed by atoms with Gasteiger partial charge in [-0.25, -0.2) is 4.68 Å². The highest BCUT2D eigenvalue weighted by atomic mass is 32.2. The van der Waals surface area contributed by atoms with Gasteiger partial charge >= 0.3 is 0 Å². The summed E-state index contributed by atoms with van der Waals surface area (Å²) in [5.41, 5.74) is 2.26. The first-order chi connectivity index (χ1) is 12.2. The number of anilines is 1. The van der Waals surface area contributed by atoms with Crippen molar-refractivity contribution in [1.29, 1.82) is 0 Å². The Balaban J connectivity index is 1.47. The van der Waals surface area contributed by atoms with E-state index in [0.717, 1.165) is 18.7 Å². The number of carbonyl (C=O) groups is 1. The van der Waals surface area contributed by atoms with Crippen LogP contribution < -0.4 is 4.90 Å². The van der Waals surface area contributed by atoms with Gasteiger partial charge in [0, 0.05) is 17.1 Å². The molecule has 0 radical (unpaired) electrons. The second kappa shape index (κ2) is 6.97. The lowest BCUT2D eigenvalue weighted by Crippen LogP contribution is -2.35. The molecule has 1 aromatic carbocycles. The summed E-state index contributed by atoms with van der Waals surface area (Å²) in [6, 6.07) is 12.2. The van der Waals surface area contributed by atoms with Crippen molar-refractivity contribution >= 4 is 34.7 Å². The first-order valence-electron chi connectivity index (χ1n) is 8.07. The Morgan fingerprint density at radius 2 is 2.20 bits per heavy atom. The molecule has 0 saturated carbocycles. The first-order valence-corrected chi connectivity index (χ1v) is 9.83. The number of aromatic nitrogens is 4. The summed E-state index contributed by atoms with van der Waals surface area (Å²) in [5.74, 6) is 0.0978. The monoisotopic (exact) mass is 371 g/mol. The van der Waals surface area contributed by atoms with Gasteiger partial charge in [-0.3, -0.25) is 4.79 Å². The molecule has 0 N–H and O–H groups in total. The number of fused-ring (bicyclic) bond motifs is 1. The number of hydrogen-bond acceptors (Lipinski definition) is 6. The third-order valence-corrected chi connectivity index (χ3v) is 6.09. The van der Waals surface area contributed by atoms with E-state index in [1.807, 2.05) is 41.5 Å². The lowest BCUT2D eigenvalue weighted by Gasteiger charge is -2.21. The third-order valence-electron chi connectivity index (χ3n) is 4.17. The summed E-state index contributed by atoms with van der Waals surface area (Å²) >= 11 is 3.08. The van der Waals surface area contributed by atoms with Crippen molar-refractivity contribution in [2.24, 2.45) is 0 Å². The Labute approximate surface area is 153 Å². The molecule has 2 aromatic heterocycles. The lowest BCUT2D eigenvalue weighted by atomic mass is 10.2. The van der Waals surface area contributed by atoms with E-state index in [2.05, 4.69) is 27.7 Å². The molecule has 0 spiro atoms. The Bertz CT molecular complexity index is 877. The second-order valence-electron chi connectivity index (χ2n) is 5.83. The highest BCUT2D eigenvalue weighted by Gasteiger charge is 2.29. The number of amides is 1. The third kappa shape index (κ3) is 3.32. The number of para-hydroxylation sites is 1. The number of hydrogen-bond donors (Lipinski definition) is 0. The van der Waals surface area contributed by atoms with Crippen LogP contribution in [0.2, 0.25) is 0 Å². The number of thiophene rings is 1. The average molecular weight is 371 g/mol. The molecule has 0 bridgehead atoms. The maximum absolute atomic E-state index is 12.9. The average Bonchev–Trinajstić information content (AvgIpc) is 3.36. The molecule has 1 unspecified atom stereocenters. The molecule has 1 aliphatic rings. The number of carbonyl (C=O) groups excluding carboxylic acids is 1. The molecule has 0 aliphatic carbocycles. The van der Waals surface area contributed by atoms with E-state index in [4.69, 9.17) is 0 Å². The van der Waals surface area contributed by atoms with Crippen LogP contribution in [-0.4, -0.2) is 37.9 Å². The molecule has 1 atom stereocenters. The van der Waals surface area contributed by atoms with E-state index in [0.29, 0.717) is 11.7 Å². The molecule has 3 heterocycles. The standard InChI is InChI=1S/C17H17N5OS2/c1-12(16(23)21-9-8-13-5-2-3-7-15(13)21)25-17-18-19-20-22(17)11-14-6-4-10-24-14/h2-7,10,12H,8-9,11H2,1H3. The summed E-state index contributed by atoms with van der Waals surface area (Å²) in [4.78, 5) is 15.9. The molecule has 25 heavy (non-hydrogen) atoms. The van der Waals surface area contributed by atoms with E-state index in [1.54, 1.807) is 16.0 Å². The van der Waals surface area contributed by atoms with Crippen LogP contribution >= 0.6 is 23.1 Å². The van der Waals surface area contributed by atoms with Crippen LogP contribution in [0.25, 0.3) is 0 Å². The van der Waals surface area contributed by atoms with Crippen molar-refractivity contribution in [3.63, 3.8) is 0 Å². The van der Waals surface area contributed by atoms with Gasteiger partial charge < -0.3 is 4.90 Å². The second-order valence-corrected chi connectivity index (χ2v) is 8.17. The van der Waals surface area contributed by atoms with Crippen LogP contribution in [0.1, 0.15) is 17.4 Å². The predicted molar refractivity (Wildman–Crippen MR) is 99.1 cm³/mol. The lowest BCUT2D eigenvalue weighted by molar-refractivity contribution is -0.117. The zero-order chi connectivity index (χ0) is 17.2. The Morgan fingerprint density at radius 3 is 3.04 bits per heavy atom. The zero-order valence-corrected chi connectivity index (χ0v) is 15.3. The van der Waals surface area contributed by atoms with E-state index in [1.165, 1.54) is 22.2 Å². The maximum Gasteiger partial charge on any atom is 0.240 e. The van der Waals surface area contributed by atoms with Gasteiger partial charge in [0.05, 0.1) is 11.8 Å². The molecule has 0 fully saturated rings. The smallest absolute Gasteiger partial charge is 0.240 e. The van der Waals surface area contributed by atoms with E-state index >= 15 is 0 Å². The largest absolute Gasteiger partial charge is 0.311 e. The molecular formula is C17H17N5OS2. The fourth-order valence-corrected chi connectivity index (χ4v) is 4.46. The van der Waals surface area contributed by atoms with Gasteiger partial charge in [0.25, 0.3) is 0 Å². The van der Waals surface area contributed by atoms with Crippen LogP contribution in [0.15, 0.2) is 46.9 Å². The van der Waals surface area contributed by atoms with Crippen molar-refractivity contribution in [3.8, 4) is 0 Å². The number of benzene rings is 1. The topological polar surface area (TPSA) is 63.9 Å². The predicted octanol–water partition coefficient (Wildman–Crippen LogP) is 2.85. The van der Waals surface area contributed by atoms with Crippen LogP contribution in [0.3, 0.4) is 0 Å². The van der Waals surface area contributed by atoms with Crippen LogP contribution in [-0.2, 0) is 17.8 Å². The highest BCUT2D eigenvalue weighted by Crippen LogP contribution is 2.31. The summed E-state index contributed by atoms with van der Waals surface area (Å²) < 4.78 is 1.75. The summed E-state index contributed by atoms with van der Waals surface area (Å²) in [7, 11) is 0. The quantitative estimate of drug-likeness (QED) is 0.645. The van der Waals surface area contributed by atoms with Gasteiger partial charge in [-0.2, -0.15) is 0 Å². The van der Waals surface area contributed by atoms with Crippen molar-refractivity contribution in [2.45, 2.75) is 30.3 Å². The highest BCUT2D eigenvalue weighted by molar-refractivity contribution is 8.00. The summed E-state index contributed by atoms with van der Waals surface area (Å²) in [6.45, 7) is 3.28. The molecule has 4 rings (SSSR count). The molecule has 8 heteroatoms. The molecule has 1 aliphatic heterocycles. The molecule has 1 amide bonds. The molecular weight excluding hydrogens is 354 g/mol. The minimum Gasteiger partial charge on any atom is -0.311 e. The van der Waals surface area contributed by atoms with E-state index in [-0.39, 0.29) is 11.2 Å². The molecule has 128 valence electrons. The number of nitrogens with zero attached hydrogens (tertiary/aromatic N) is 5. The molecule has 0 saturated heterocycles. The fraction of sp³-hybridized carbons (Fsp3) is 0.294. The van der Waals surface area contributed by atoms with Gasteiger partial charge in [0.15, 0.2) is 0 Å².